The summed E-state index contributed by atoms with van der Waals surface area (Å²) in [5.41, 5.74) is 0. The second-order valence-electron chi connectivity index (χ2n) is 7.08. The van der Waals surface area contributed by atoms with Crippen molar-refractivity contribution in [2.75, 3.05) is 13.1 Å². The van der Waals surface area contributed by atoms with E-state index in [1.807, 2.05) is 0 Å². The topological polar surface area (TPSA) is 15.3 Å². The van der Waals surface area contributed by atoms with Crippen LogP contribution >= 0.6 is 0 Å². The van der Waals surface area contributed by atoms with Gasteiger partial charge in [-0.25, -0.2) is 0 Å². The van der Waals surface area contributed by atoms with Gasteiger partial charge < -0.3 is 5.32 Å². The Morgan fingerprint density at radius 2 is 1.63 bits per heavy atom. The summed E-state index contributed by atoms with van der Waals surface area (Å²) in [6.07, 6.45) is 11.5. The molecule has 2 heteroatoms. The summed E-state index contributed by atoms with van der Waals surface area (Å²) in [5.74, 6) is 0.944. The zero-order valence-electron chi connectivity index (χ0n) is 13.3. The average molecular weight is 266 g/mol. The van der Waals surface area contributed by atoms with Crippen molar-refractivity contribution in [3.63, 3.8) is 0 Å². The molecule has 1 heterocycles. The Balaban J connectivity index is 1.89. The Morgan fingerprint density at radius 3 is 2.21 bits per heavy atom. The van der Waals surface area contributed by atoms with Gasteiger partial charge in [-0.3, -0.25) is 4.90 Å². The first kappa shape index (κ1) is 15.3. The quantitative estimate of drug-likeness (QED) is 0.814. The van der Waals surface area contributed by atoms with Crippen LogP contribution in [0.15, 0.2) is 0 Å². The van der Waals surface area contributed by atoms with Crippen molar-refractivity contribution in [3.8, 4) is 0 Å². The molecule has 1 saturated carbocycles. The lowest BCUT2D eigenvalue weighted by Crippen LogP contribution is -2.51. The highest BCUT2D eigenvalue weighted by Gasteiger charge is 2.28. The lowest BCUT2D eigenvalue weighted by atomic mass is 9.83. The molecular weight excluding hydrogens is 232 g/mol. The van der Waals surface area contributed by atoms with Crippen molar-refractivity contribution in [2.45, 2.75) is 90.3 Å². The van der Waals surface area contributed by atoms with Gasteiger partial charge in [-0.2, -0.15) is 0 Å². The summed E-state index contributed by atoms with van der Waals surface area (Å²) < 4.78 is 0. The number of rotatable bonds is 5. The predicted molar refractivity (Wildman–Crippen MR) is 83.5 cm³/mol. The second kappa shape index (κ2) is 7.64. The van der Waals surface area contributed by atoms with Crippen LogP contribution in [0.4, 0.5) is 0 Å². The Labute approximate surface area is 120 Å². The summed E-state index contributed by atoms with van der Waals surface area (Å²) >= 11 is 0. The standard InChI is InChI=1S/C17H34N2/c1-14(2)19(13-17-11-7-8-12-18-17)15(3)16-9-5-4-6-10-16/h14-18H,4-13H2,1-3H3. The second-order valence-corrected chi connectivity index (χ2v) is 7.08. The largest absolute Gasteiger partial charge is 0.313 e. The molecule has 2 nitrogen and oxygen atoms in total. The first-order valence-corrected chi connectivity index (χ1v) is 8.67. The SMILES string of the molecule is CC(C)N(CC1CCCCN1)C(C)C1CCCCC1. The van der Waals surface area contributed by atoms with Crippen LogP contribution in [0.5, 0.6) is 0 Å². The minimum atomic E-state index is 0.681. The normalized spacial score (nSPS) is 27.9. The highest BCUT2D eigenvalue weighted by atomic mass is 15.2. The van der Waals surface area contributed by atoms with Crippen LogP contribution < -0.4 is 5.32 Å². The van der Waals surface area contributed by atoms with Crippen LogP contribution in [-0.4, -0.2) is 36.1 Å². The zero-order chi connectivity index (χ0) is 13.7. The van der Waals surface area contributed by atoms with Gasteiger partial charge in [0.05, 0.1) is 0 Å². The fraction of sp³-hybridized carbons (Fsp3) is 1.00. The van der Waals surface area contributed by atoms with E-state index in [2.05, 4.69) is 31.0 Å². The molecule has 1 N–H and O–H groups in total. The van der Waals surface area contributed by atoms with E-state index in [0.29, 0.717) is 6.04 Å². The van der Waals surface area contributed by atoms with Crippen LogP contribution in [0.25, 0.3) is 0 Å². The lowest BCUT2D eigenvalue weighted by Gasteiger charge is -2.41. The molecule has 0 aromatic rings. The number of nitrogens with one attached hydrogen (secondary N) is 1. The first-order chi connectivity index (χ1) is 9.18. The van der Waals surface area contributed by atoms with E-state index in [0.717, 1.165) is 18.0 Å². The van der Waals surface area contributed by atoms with Gasteiger partial charge in [-0.05, 0) is 58.9 Å². The third-order valence-electron chi connectivity index (χ3n) is 5.36. The molecular formula is C17H34N2. The summed E-state index contributed by atoms with van der Waals surface area (Å²) in [5, 5.41) is 3.72. The molecule has 2 fully saturated rings. The van der Waals surface area contributed by atoms with Gasteiger partial charge in [-0.1, -0.05) is 25.7 Å². The van der Waals surface area contributed by atoms with Crippen molar-refractivity contribution in [1.82, 2.24) is 10.2 Å². The van der Waals surface area contributed by atoms with Crippen molar-refractivity contribution in [3.05, 3.63) is 0 Å². The summed E-state index contributed by atoms with van der Waals surface area (Å²) in [6.45, 7) is 9.73. The van der Waals surface area contributed by atoms with Crippen molar-refractivity contribution >= 4 is 0 Å². The lowest BCUT2D eigenvalue weighted by molar-refractivity contribution is 0.0841. The molecule has 1 saturated heterocycles. The van der Waals surface area contributed by atoms with Crippen molar-refractivity contribution in [2.24, 2.45) is 5.92 Å². The minimum absolute atomic E-state index is 0.681. The summed E-state index contributed by atoms with van der Waals surface area (Å²) in [4.78, 5) is 2.78. The van der Waals surface area contributed by atoms with Gasteiger partial charge in [-0.15, -0.1) is 0 Å². The number of nitrogens with zero attached hydrogens (tertiary/aromatic N) is 1. The molecule has 2 rings (SSSR count). The van der Waals surface area contributed by atoms with Crippen LogP contribution in [0.3, 0.4) is 0 Å². The van der Waals surface area contributed by atoms with E-state index in [4.69, 9.17) is 0 Å². The molecule has 0 radical (unpaired) electrons. The maximum absolute atomic E-state index is 3.72. The first-order valence-electron chi connectivity index (χ1n) is 8.67. The third-order valence-corrected chi connectivity index (χ3v) is 5.36. The van der Waals surface area contributed by atoms with Gasteiger partial charge in [0, 0.05) is 24.7 Å². The molecule has 0 aromatic carbocycles. The van der Waals surface area contributed by atoms with E-state index in [1.54, 1.807) is 0 Å². The Morgan fingerprint density at radius 1 is 0.947 bits per heavy atom. The van der Waals surface area contributed by atoms with Gasteiger partial charge in [0.2, 0.25) is 0 Å². The third kappa shape index (κ3) is 4.46. The number of hydrogen-bond acceptors (Lipinski definition) is 2. The number of hydrogen-bond donors (Lipinski definition) is 1. The molecule has 0 amide bonds. The monoisotopic (exact) mass is 266 g/mol. The maximum atomic E-state index is 3.72. The molecule has 19 heavy (non-hydrogen) atoms. The highest BCUT2D eigenvalue weighted by molar-refractivity contribution is 4.84. The smallest absolute Gasteiger partial charge is 0.0195 e. The highest BCUT2D eigenvalue weighted by Crippen LogP contribution is 2.30. The molecule has 2 unspecified atom stereocenters. The van der Waals surface area contributed by atoms with Crippen molar-refractivity contribution < 1.29 is 0 Å². The predicted octanol–water partition coefficient (Wildman–Crippen LogP) is 3.81. The van der Waals surface area contributed by atoms with Crippen LogP contribution in [-0.2, 0) is 0 Å². The Hall–Kier alpha value is -0.0800. The molecule has 0 aromatic heterocycles. The minimum Gasteiger partial charge on any atom is -0.313 e. The maximum Gasteiger partial charge on any atom is 0.0195 e. The van der Waals surface area contributed by atoms with Crippen molar-refractivity contribution in [1.29, 1.82) is 0 Å². The zero-order valence-corrected chi connectivity index (χ0v) is 13.3. The van der Waals surface area contributed by atoms with Gasteiger partial charge in [0.25, 0.3) is 0 Å². The number of piperidine rings is 1. The molecule has 1 aliphatic carbocycles. The summed E-state index contributed by atoms with van der Waals surface area (Å²) in [7, 11) is 0. The molecule has 1 aliphatic heterocycles. The van der Waals surface area contributed by atoms with E-state index >= 15 is 0 Å². The van der Waals surface area contributed by atoms with E-state index < -0.39 is 0 Å². The molecule has 2 aliphatic rings. The Kier molecular flexibility index (Phi) is 6.15. The molecule has 2 atom stereocenters. The van der Waals surface area contributed by atoms with Crippen LogP contribution in [0.1, 0.15) is 72.1 Å². The van der Waals surface area contributed by atoms with Gasteiger partial charge in [0.1, 0.15) is 0 Å². The molecule has 0 spiro atoms. The van der Waals surface area contributed by atoms with Crippen LogP contribution in [0, 0.1) is 5.92 Å². The molecule has 0 bridgehead atoms. The molecule has 112 valence electrons. The van der Waals surface area contributed by atoms with E-state index in [1.165, 1.54) is 64.5 Å². The fourth-order valence-corrected chi connectivity index (χ4v) is 4.07. The van der Waals surface area contributed by atoms with E-state index in [9.17, 15) is 0 Å². The van der Waals surface area contributed by atoms with E-state index in [-0.39, 0.29) is 0 Å². The van der Waals surface area contributed by atoms with Gasteiger partial charge in [0.15, 0.2) is 0 Å². The Bertz CT molecular complexity index is 240. The van der Waals surface area contributed by atoms with Gasteiger partial charge >= 0.3 is 0 Å². The average Bonchev–Trinajstić information content (AvgIpc) is 2.46. The van der Waals surface area contributed by atoms with Crippen LogP contribution in [0.2, 0.25) is 0 Å². The summed E-state index contributed by atoms with van der Waals surface area (Å²) in [6, 6.07) is 2.19. The fourth-order valence-electron chi connectivity index (χ4n) is 4.07.